The first-order valence-electron chi connectivity index (χ1n) is 13.4. The molecule has 1 aliphatic heterocycles. The summed E-state index contributed by atoms with van der Waals surface area (Å²) in [5, 5.41) is 2.51. The predicted octanol–water partition coefficient (Wildman–Crippen LogP) is 9.46. The van der Waals surface area contributed by atoms with E-state index in [0.29, 0.717) is 0 Å². The number of aromatic nitrogens is 1. The number of rotatable bonds is 1. The van der Waals surface area contributed by atoms with Crippen LogP contribution < -0.4 is 4.74 Å². The van der Waals surface area contributed by atoms with Gasteiger partial charge in [0.15, 0.2) is 0 Å². The minimum atomic E-state index is -0.446. The molecule has 0 radical (unpaired) electrons. The van der Waals surface area contributed by atoms with Gasteiger partial charge in [-0.2, -0.15) is 0 Å². The third-order valence-corrected chi connectivity index (χ3v) is 8.69. The van der Waals surface area contributed by atoms with Crippen LogP contribution in [0.15, 0.2) is 133 Å². The maximum Gasteiger partial charge on any atom is 0.132 e. The van der Waals surface area contributed by atoms with E-state index in [9.17, 15) is 0 Å². The fourth-order valence-electron chi connectivity index (χ4n) is 7.06. The largest absolute Gasteiger partial charge is 0.457 e. The number of aromatic amines is 1. The van der Waals surface area contributed by atoms with Crippen LogP contribution in [0.1, 0.15) is 22.3 Å². The van der Waals surface area contributed by atoms with Crippen molar-refractivity contribution in [2.24, 2.45) is 0 Å². The third-order valence-electron chi connectivity index (χ3n) is 8.69. The molecule has 1 aromatic heterocycles. The minimum absolute atomic E-state index is 0.446. The van der Waals surface area contributed by atoms with Gasteiger partial charge in [-0.05, 0) is 69.8 Å². The third kappa shape index (κ3) is 2.65. The lowest BCUT2D eigenvalue weighted by Gasteiger charge is -2.39. The quantitative estimate of drug-likeness (QED) is 0.240. The van der Waals surface area contributed by atoms with Crippen LogP contribution in [-0.2, 0) is 5.41 Å². The van der Waals surface area contributed by atoms with Gasteiger partial charge in [0.25, 0.3) is 0 Å². The molecule has 2 heteroatoms. The van der Waals surface area contributed by atoms with E-state index in [2.05, 4.69) is 138 Å². The lowest BCUT2D eigenvalue weighted by Crippen LogP contribution is -2.32. The highest BCUT2D eigenvalue weighted by Gasteiger charge is 2.50. The molecule has 1 aliphatic carbocycles. The maximum atomic E-state index is 6.49. The second-order valence-electron chi connectivity index (χ2n) is 10.6. The van der Waals surface area contributed by atoms with E-state index in [-0.39, 0.29) is 0 Å². The number of ether oxygens (including phenoxy) is 1. The Labute approximate surface area is 226 Å². The summed E-state index contributed by atoms with van der Waals surface area (Å²) in [4.78, 5) is 3.56. The van der Waals surface area contributed by atoms with Crippen LogP contribution in [0.25, 0.3) is 44.1 Å². The Morgan fingerprint density at radius 1 is 0.436 bits per heavy atom. The van der Waals surface area contributed by atoms with Gasteiger partial charge in [0.1, 0.15) is 11.5 Å². The van der Waals surface area contributed by atoms with Gasteiger partial charge in [-0.1, -0.05) is 97.1 Å². The first-order chi connectivity index (χ1) is 19.3. The van der Waals surface area contributed by atoms with Crippen LogP contribution in [-0.4, -0.2) is 4.98 Å². The molecular formula is C37H23NO. The fraction of sp³-hybridized carbons (Fsp3) is 0.0270. The summed E-state index contributed by atoms with van der Waals surface area (Å²) in [7, 11) is 0. The maximum absolute atomic E-state index is 6.49. The molecule has 6 aromatic carbocycles. The van der Waals surface area contributed by atoms with Crippen LogP contribution in [0.5, 0.6) is 11.5 Å². The average molecular weight is 498 g/mol. The van der Waals surface area contributed by atoms with Gasteiger partial charge in [-0.3, -0.25) is 0 Å². The van der Waals surface area contributed by atoms with E-state index in [4.69, 9.17) is 4.74 Å². The molecule has 182 valence electrons. The van der Waals surface area contributed by atoms with Crippen LogP contribution >= 0.6 is 0 Å². The molecule has 2 heterocycles. The van der Waals surface area contributed by atoms with Crippen molar-refractivity contribution in [1.82, 2.24) is 4.98 Å². The van der Waals surface area contributed by atoms with Gasteiger partial charge in [-0.15, -0.1) is 0 Å². The second-order valence-corrected chi connectivity index (χ2v) is 10.6. The molecule has 0 fully saturated rings. The second kappa shape index (κ2) is 7.49. The summed E-state index contributed by atoms with van der Waals surface area (Å²) in [5.74, 6) is 1.84. The molecule has 1 spiro atoms. The zero-order valence-corrected chi connectivity index (χ0v) is 21.1. The molecule has 0 unspecified atom stereocenters. The summed E-state index contributed by atoms with van der Waals surface area (Å²) in [6.07, 6.45) is 0. The van der Waals surface area contributed by atoms with Gasteiger partial charge in [-0.25, -0.2) is 0 Å². The normalized spacial score (nSPS) is 14.1. The molecule has 7 aromatic rings. The minimum Gasteiger partial charge on any atom is -0.457 e. The fourth-order valence-corrected chi connectivity index (χ4v) is 7.06. The van der Waals surface area contributed by atoms with E-state index in [0.717, 1.165) is 17.0 Å². The first kappa shape index (κ1) is 20.9. The molecule has 39 heavy (non-hydrogen) atoms. The topological polar surface area (TPSA) is 25.0 Å². The van der Waals surface area contributed by atoms with Gasteiger partial charge in [0.2, 0.25) is 0 Å². The number of hydrogen-bond donors (Lipinski definition) is 1. The number of H-pyrrole nitrogens is 1. The molecule has 1 N–H and O–H groups in total. The van der Waals surface area contributed by atoms with Crippen LogP contribution in [0.3, 0.4) is 0 Å². The summed E-state index contributed by atoms with van der Waals surface area (Å²) < 4.78 is 6.49. The van der Waals surface area contributed by atoms with Crippen molar-refractivity contribution >= 4 is 21.8 Å². The van der Waals surface area contributed by atoms with Gasteiger partial charge < -0.3 is 9.72 Å². The molecule has 9 rings (SSSR count). The van der Waals surface area contributed by atoms with Crippen LogP contribution in [0.2, 0.25) is 0 Å². The molecule has 2 aliphatic rings. The van der Waals surface area contributed by atoms with Gasteiger partial charge >= 0.3 is 0 Å². The van der Waals surface area contributed by atoms with Crippen molar-refractivity contribution in [3.63, 3.8) is 0 Å². The first-order valence-corrected chi connectivity index (χ1v) is 13.4. The SMILES string of the molecule is c1ccc2c(c1)Oc1ccccc1C21c2ccccc2-c2ccc(-c3ccc4[nH]c5ccccc5c4c3)cc21. The lowest BCUT2D eigenvalue weighted by atomic mass is 9.66. The van der Waals surface area contributed by atoms with E-state index in [1.54, 1.807) is 0 Å². The Bertz CT molecular complexity index is 2070. The number of nitrogens with one attached hydrogen (secondary N) is 1. The van der Waals surface area contributed by atoms with Crippen molar-refractivity contribution in [3.8, 4) is 33.8 Å². The Kier molecular flexibility index (Phi) is 4.02. The summed E-state index contributed by atoms with van der Waals surface area (Å²) in [6.45, 7) is 0. The van der Waals surface area contributed by atoms with Crippen molar-refractivity contribution in [2.75, 3.05) is 0 Å². The molecule has 0 atom stereocenters. The molecular weight excluding hydrogens is 474 g/mol. The number of para-hydroxylation sites is 3. The average Bonchev–Trinajstić information content (AvgIpc) is 3.51. The van der Waals surface area contributed by atoms with E-state index in [1.165, 1.54) is 60.8 Å². The Morgan fingerprint density at radius 2 is 1.03 bits per heavy atom. The monoisotopic (exact) mass is 497 g/mol. The highest BCUT2D eigenvalue weighted by atomic mass is 16.5. The van der Waals surface area contributed by atoms with Crippen LogP contribution in [0, 0.1) is 0 Å². The summed E-state index contributed by atoms with van der Waals surface area (Å²) in [5.41, 5.74) is 11.9. The highest BCUT2D eigenvalue weighted by molar-refractivity contribution is 6.08. The van der Waals surface area contributed by atoms with Gasteiger partial charge in [0.05, 0.1) is 5.41 Å². The Hall–Kier alpha value is -5.08. The number of benzene rings is 6. The van der Waals surface area contributed by atoms with Crippen molar-refractivity contribution < 1.29 is 4.74 Å². The van der Waals surface area contributed by atoms with Crippen molar-refractivity contribution in [1.29, 1.82) is 0 Å². The zero-order chi connectivity index (χ0) is 25.6. The van der Waals surface area contributed by atoms with Gasteiger partial charge in [0, 0.05) is 32.9 Å². The van der Waals surface area contributed by atoms with E-state index in [1.807, 2.05) is 0 Å². The Balaban J connectivity index is 1.36. The highest BCUT2D eigenvalue weighted by Crippen LogP contribution is 2.62. The standard InChI is InChI=1S/C37H23NO/c1-3-11-29-25(9-1)26-19-17-24(23-18-20-34-28(21-23)27-10-2-6-14-33(27)38-34)22-32(26)37(29)30-12-4-7-15-35(30)39-36-16-8-5-13-31(36)37/h1-22,38H. The van der Waals surface area contributed by atoms with Crippen molar-refractivity contribution in [3.05, 3.63) is 156 Å². The van der Waals surface area contributed by atoms with Crippen LogP contribution in [0.4, 0.5) is 0 Å². The molecule has 0 saturated carbocycles. The van der Waals surface area contributed by atoms with Crippen molar-refractivity contribution in [2.45, 2.75) is 5.41 Å². The molecule has 0 saturated heterocycles. The zero-order valence-electron chi connectivity index (χ0n) is 21.1. The summed E-state index contributed by atoms with van der Waals surface area (Å²) in [6, 6.07) is 48.3. The number of hydrogen-bond acceptors (Lipinski definition) is 1. The predicted molar refractivity (Wildman–Crippen MR) is 159 cm³/mol. The summed E-state index contributed by atoms with van der Waals surface area (Å²) >= 11 is 0. The molecule has 0 bridgehead atoms. The molecule has 2 nitrogen and oxygen atoms in total. The molecule has 0 amide bonds. The number of fused-ring (bicyclic) bond motifs is 12. The van der Waals surface area contributed by atoms with E-state index >= 15 is 0 Å². The lowest BCUT2D eigenvalue weighted by molar-refractivity contribution is 0.436. The smallest absolute Gasteiger partial charge is 0.132 e. The van der Waals surface area contributed by atoms with E-state index < -0.39 is 5.41 Å². The Morgan fingerprint density at radius 3 is 1.85 bits per heavy atom.